The molecule has 130 valence electrons. The highest BCUT2D eigenvalue weighted by molar-refractivity contribution is 6.92. The lowest BCUT2D eigenvalue weighted by Crippen LogP contribution is -2.64. The third kappa shape index (κ3) is 4.56. The average Bonchev–Trinajstić information content (AvgIpc) is 2.66. The second-order valence-corrected chi connectivity index (χ2v) is 9.05. The molecular weight excluding hydrogens is 312 g/mol. The van der Waals surface area contributed by atoms with Crippen LogP contribution in [-0.2, 0) is 8.85 Å². The highest BCUT2D eigenvalue weighted by Crippen LogP contribution is 2.17. The molecule has 0 heterocycles. The zero-order valence-electron chi connectivity index (χ0n) is 15.2. The SMILES string of the molecule is CCCO[Si](OC(CC)CCC)(c1ccccc1)c1ccccc1. The van der Waals surface area contributed by atoms with Crippen LogP contribution in [0.2, 0.25) is 0 Å². The summed E-state index contributed by atoms with van der Waals surface area (Å²) in [6, 6.07) is 21.1. The van der Waals surface area contributed by atoms with Crippen LogP contribution in [0.15, 0.2) is 60.7 Å². The van der Waals surface area contributed by atoms with E-state index in [9.17, 15) is 0 Å². The van der Waals surface area contributed by atoms with E-state index in [-0.39, 0.29) is 6.10 Å². The Balaban J connectivity index is 2.51. The van der Waals surface area contributed by atoms with E-state index in [1.807, 2.05) is 0 Å². The number of hydrogen-bond acceptors (Lipinski definition) is 2. The van der Waals surface area contributed by atoms with Crippen molar-refractivity contribution in [2.75, 3.05) is 6.61 Å². The zero-order chi connectivity index (χ0) is 17.3. The molecule has 24 heavy (non-hydrogen) atoms. The Labute approximate surface area is 148 Å². The lowest BCUT2D eigenvalue weighted by molar-refractivity contribution is 0.120. The molecule has 0 fully saturated rings. The lowest BCUT2D eigenvalue weighted by Gasteiger charge is -2.35. The van der Waals surface area contributed by atoms with Gasteiger partial charge in [0.2, 0.25) is 0 Å². The largest absolute Gasteiger partial charge is 0.407 e. The fourth-order valence-electron chi connectivity index (χ4n) is 2.97. The van der Waals surface area contributed by atoms with E-state index in [0.717, 1.165) is 32.3 Å². The summed E-state index contributed by atoms with van der Waals surface area (Å²) in [7, 11) is -2.69. The fraction of sp³-hybridized carbons (Fsp3) is 0.429. The molecule has 2 rings (SSSR count). The average molecular weight is 343 g/mol. The van der Waals surface area contributed by atoms with Crippen LogP contribution >= 0.6 is 0 Å². The van der Waals surface area contributed by atoms with Gasteiger partial charge in [0.05, 0.1) is 0 Å². The van der Waals surface area contributed by atoms with E-state index in [2.05, 4.69) is 81.4 Å². The summed E-state index contributed by atoms with van der Waals surface area (Å²) in [5.74, 6) is 0. The van der Waals surface area contributed by atoms with E-state index < -0.39 is 8.56 Å². The molecule has 1 unspecified atom stereocenters. The van der Waals surface area contributed by atoms with Crippen LogP contribution in [0, 0.1) is 0 Å². The topological polar surface area (TPSA) is 18.5 Å². The van der Waals surface area contributed by atoms with Gasteiger partial charge < -0.3 is 8.85 Å². The van der Waals surface area contributed by atoms with Crippen molar-refractivity contribution in [2.24, 2.45) is 0 Å². The highest BCUT2D eigenvalue weighted by atomic mass is 28.4. The van der Waals surface area contributed by atoms with Gasteiger partial charge in [-0.1, -0.05) is 87.9 Å². The van der Waals surface area contributed by atoms with Crippen LogP contribution in [0.5, 0.6) is 0 Å². The maximum Gasteiger partial charge on any atom is 0.407 e. The maximum absolute atomic E-state index is 6.82. The molecule has 0 saturated heterocycles. The first-order chi connectivity index (χ1) is 11.8. The van der Waals surface area contributed by atoms with Crippen molar-refractivity contribution >= 4 is 18.9 Å². The van der Waals surface area contributed by atoms with E-state index in [0.29, 0.717) is 0 Å². The Bertz CT molecular complexity index is 531. The molecule has 0 aliphatic rings. The van der Waals surface area contributed by atoms with Crippen LogP contribution in [0.4, 0.5) is 0 Å². The predicted octanol–water partition coefficient (Wildman–Crippen LogP) is 4.26. The Kier molecular flexibility index (Phi) is 7.70. The standard InChI is InChI=1S/C21H30O2Si/c1-4-13-19(6-3)23-24(22-18-5-2,20-14-9-7-10-15-20)21-16-11-8-12-17-21/h7-12,14-17,19H,4-6,13,18H2,1-3H3. The van der Waals surface area contributed by atoms with Crippen LogP contribution in [0.1, 0.15) is 46.5 Å². The third-order valence-corrected chi connectivity index (χ3v) is 7.68. The molecule has 2 nitrogen and oxygen atoms in total. The molecule has 0 aliphatic carbocycles. The minimum absolute atomic E-state index is 0.235. The second kappa shape index (κ2) is 9.77. The summed E-state index contributed by atoms with van der Waals surface area (Å²) in [5.41, 5.74) is 0. The van der Waals surface area contributed by atoms with Crippen molar-refractivity contribution in [3.63, 3.8) is 0 Å². The van der Waals surface area contributed by atoms with Gasteiger partial charge >= 0.3 is 8.56 Å². The number of hydrogen-bond donors (Lipinski definition) is 0. The minimum Gasteiger partial charge on any atom is -0.388 e. The van der Waals surface area contributed by atoms with Gasteiger partial charge in [-0.25, -0.2) is 0 Å². The molecule has 0 radical (unpaired) electrons. The maximum atomic E-state index is 6.82. The second-order valence-electron chi connectivity index (χ2n) is 6.13. The molecule has 2 aromatic rings. The molecule has 1 atom stereocenters. The van der Waals surface area contributed by atoms with Crippen LogP contribution in [-0.4, -0.2) is 21.3 Å². The van der Waals surface area contributed by atoms with Crippen LogP contribution in [0.3, 0.4) is 0 Å². The van der Waals surface area contributed by atoms with Gasteiger partial charge in [0, 0.05) is 12.7 Å². The summed E-state index contributed by atoms with van der Waals surface area (Å²) < 4.78 is 13.4. The van der Waals surface area contributed by atoms with E-state index >= 15 is 0 Å². The van der Waals surface area contributed by atoms with Crippen molar-refractivity contribution in [3.05, 3.63) is 60.7 Å². The van der Waals surface area contributed by atoms with Gasteiger partial charge in [0.1, 0.15) is 0 Å². The van der Waals surface area contributed by atoms with Crippen molar-refractivity contribution in [1.82, 2.24) is 0 Å². The summed E-state index contributed by atoms with van der Waals surface area (Å²) >= 11 is 0. The third-order valence-electron chi connectivity index (χ3n) is 4.22. The van der Waals surface area contributed by atoms with Gasteiger partial charge in [-0.15, -0.1) is 0 Å². The van der Waals surface area contributed by atoms with Gasteiger partial charge in [0.15, 0.2) is 0 Å². The molecule has 0 aromatic heterocycles. The Morgan fingerprint density at radius 3 is 1.75 bits per heavy atom. The van der Waals surface area contributed by atoms with E-state index in [1.54, 1.807) is 0 Å². The zero-order valence-corrected chi connectivity index (χ0v) is 16.2. The number of benzene rings is 2. The first-order valence-corrected chi connectivity index (χ1v) is 11.0. The molecule has 0 saturated carbocycles. The van der Waals surface area contributed by atoms with Crippen molar-refractivity contribution in [2.45, 2.75) is 52.6 Å². The summed E-state index contributed by atoms with van der Waals surface area (Å²) in [6.45, 7) is 7.29. The summed E-state index contributed by atoms with van der Waals surface area (Å²) in [4.78, 5) is 0. The normalized spacial score (nSPS) is 13.0. The Morgan fingerprint density at radius 2 is 1.33 bits per heavy atom. The van der Waals surface area contributed by atoms with E-state index in [4.69, 9.17) is 8.85 Å². The molecule has 2 aromatic carbocycles. The van der Waals surface area contributed by atoms with Crippen molar-refractivity contribution < 1.29 is 8.85 Å². The lowest BCUT2D eigenvalue weighted by atomic mass is 10.2. The summed E-state index contributed by atoms with van der Waals surface area (Å²) in [6.07, 6.45) is 4.43. The van der Waals surface area contributed by atoms with E-state index in [1.165, 1.54) is 10.4 Å². The first kappa shape index (κ1) is 18.9. The molecule has 0 amide bonds. The fourth-order valence-corrected chi connectivity index (χ4v) is 6.48. The Hall–Kier alpha value is -1.42. The molecule has 0 spiro atoms. The summed E-state index contributed by atoms with van der Waals surface area (Å²) in [5, 5.41) is 2.39. The monoisotopic (exact) mass is 342 g/mol. The van der Waals surface area contributed by atoms with Crippen molar-refractivity contribution in [3.8, 4) is 0 Å². The van der Waals surface area contributed by atoms with Crippen molar-refractivity contribution in [1.29, 1.82) is 0 Å². The first-order valence-electron chi connectivity index (χ1n) is 9.19. The Morgan fingerprint density at radius 1 is 0.792 bits per heavy atom. The molecule has 0 aliphatic heterocycles. The minimum atomic E-state index is -2.69. The smallest absolute Gasteiger partial charge is 0.388 e. The van der Waals surface area contributed by atoms with Gasteiger partial charge in [-0.05, 0) is 29.6 Å². The van der Waals surface area contributed by atoms with Crippen LogP contribution < -0.4 is 10.4 Å². The molecule has 0 bridgehead atoms. The van der Waals surface area contributed by atoms with Crippen LogP contribution in [0.25, 0.3) is 0 Å². The van der Waals surface area contributed by atoms with Gasteiger partial charge in [-0.2, -0.15) is 0 Å². The molecule has 3 heteroatoms. The predicted molar refractivity (Wildman–Crippen MR) is 104 cm³/mol. The van der Waals surface area contributed by atoms with Gasteiger partial charge in [0.25, 0.3) is 0 Å². The molecule has 0 N–H and O–H groups in total. The van der Waals surface area contributed by atoms with Gasteiger partial charge in [-0.3, -0.25) is 0 Å². The number of rotatable bonds is 10. The quantitative estimate of drug-likeness (QED) is 0.601. The molecular formula is C21H30O2Si. The highest BCUT2D eigenvalue weighted by Gasteiger charge is 2.44.